The first-order valence-electron chi connectivity index (χ1n) is 8.54. The second-order valence-electron chi connectivity index (χ2n) is 5.44. The molecule has 0 amide bonds. The Balaban J connectivity index is 3.14. The predicted molar refractivity (Wildman–Crippen MR) is 96.2 cm³/mol. The molecule has 0 bridgehead atoms. The van der Waals surface area contributed by atoms with Crippen molar-refractivity contribution in [3.63, 3.8) is 0 Å². The van der Waals surface area contributed by atoms with E-state index in [1.807, 2.05) is 39.0 Å². The number of nitrogens with two attached hydrogens (primary N) is 2. The average Bonchev–Trinajstić information content (AvgIpc) is 2.54. The fourth-order valence-electron chi connectivity index (χ4n) is 2.85. The van der Waals surface area contributed by atoms with Gasteiger partial charge in [0.1, 0.15) is 0 Å². The first-order valence-corrected chi connectivity index (χ1v) is 10.3. The van der Waals surface area contributed by atoms with E-state index in [2.05, 4.69) is 12.1 Å². The Morgan fingerprint density at radius 2 is 1.48 bits per heavy atom. The molecule has 6 heteroatoms. The second-order valence-corrected chi connectivity index (χ2v) is 8.25. The summed E-state index contributed by atoms with van der Waals surface area (Å²) in [5, 5.41) is 0. The van der Waals surface area contributed by atoms with E-state index in [0.717, 1.165) is 12.8 Å². The van der Waals surface area contributed by atoms with Gasteiger partial charge in [-0.3, -0.25) is 0 Å². The second kappa shape index (κ2) is 10.9. The molecule has 1 aromatic rings. The summed E-state index contributed by atoms with van der Waals surface area (Å²) >= 11 is 0. The Bertz CT molecular complexity index is 403. The summed E-state index contributed by atoms with van der Waals surface area (Å²) in [6, 6.07) is 10.2. The lowest BCUT2D eigenvalue weighted by atomic mass is 10.0. The Labute approximate surface area is 141 Å². The standard InChI is InChI=1S/C17H32N2O3Si/c1-4-20-23(21-5-2,22-6-3)17(16(19)12-13-18)14-15-10-8-7-9-11-15/h7-11,16-17H,4-6,12-14,18-19H2,1-3H3. The molecule has 0 saturated carbocycles. The summed E-state index contributed by atoms with van der Waals surface area (Å²) in [6.07, 6.45) is 1.49. The minimum absolute atomic E-state index is 0.00620. The van der Waals surface area contributed by atoms with Crippen molar-refractivity contribution >= 4 is 8.80 Å². The van der Waals surface area contributed by atoms with Crippen LogP contribution in [0, 0.1) is 0 Å². The number of benzene rings is 1. The van der Waals surface area contributed by atoms with Crippen LogP contribution in [0.4, 0.5) is 0 Å². The third-order valence-corrected chi connectivity index (χ3v) is 7.42. The summed E-state index contributed by atoms with van der Waals surface area (Å²) in [5.41, 5.74) is 13.4. The lowest BCUT2D eigenvalue weighted by molar-refractivity contribution is 0.0573. The van der Waals surface area contributed by atoms with E-state index in [1.165, 1.54) is 5.56 Å². The zero-order valence-electron chi connectivity index (χ0n) is 14.7. The Hall–Kier alpha value is -0.763. The van der Waals surface area contributed by atoms with Gasteiger partial charge in [-0.05, 0) is 45.7 Å². The van der Waals surface area contributed by atoms with Gasteiger partial charge in [0, 0.05) is 31.4 Å². The maximum atomic E-state index is 6.47. The topological polar surface area (TPSA) is 79.7 Å². The molecular weight excluding hydrogens is 308 g/mol. The average molecular weight is 341 g/mol. The molecular formula is C17H32N2O3Si. The van der Waals surface area contributed by atoms with Gasteiger partial charge in [0.05, 0.1) is 0 Å². The molecule has 0 aliphatic carbocycles. The van der Waals surface area contributed by atoms with E-state index in [4.69, 9.17) is 24.7 Å². The summed E-state index contributed by atoms with van der Waals surface area (Å²) in [4.78, 5) is 0. The maximum Gasteiger partial charge on any atom is 0.506 e. The van der Waals surface area contributed by atoms with Crippen molar-refractivity contribution in [1.82, 2.24) is 0 Å². The monoisotopic (exact) mass is 340 g/mol. The van der Waals surface area contributed by atoms with Crippen molar-refractivity contribution in [2.45, 2.75) is 45.2 Å². The van der Waals surface area contributed by atoms with Crippen LogP contribution in [-0.2, 0) is 19.7 Å². The van der Waals surface area contributed by atoms with E-state index in [-0.39, 0.29) is 11.6 Å². The third kappa shape index (κ3) is 5.98. The van der Waals surface area contributed by atoms with Gasteiger partial charge in [-0.15, -0.1) is 0 Å². The Morgan fingerprint density at radius 1 is 0.957 bits per heavy atom. The van der Waals surface area contributed by atoms with Crippen LogP contribution in [0.1, 0.15) is 32.8 Å². The van der Waals surface area contributed by atoms with E-state index in [1.54, 1.807) is 0 Å². The molecule has 0 aliphatic rings. The molecule has 0 radical (unpaired) electrons. The third-order valence-electron chi connectivity index (χ3n) is 3.81. The molecule has 0 heterocycles. The minimum atomic E-state index is -2.89. The highest BCUT2D eigenvalue weighted by atomic mass is 28.4. The van der Waals surface area contributed by atoms with E-state index >= 15 is 0 Å². The van der Waals surface area contributed by atoms with Crippen molar-refractivity contribution in [3.8, 4) is 0 Å². The summed E-state index contributed by atoms with van der Waals surface area (Å²) in [5.74, 6) is 0. The zero-order chi connectivity index (χ0) is 17.1. The molecule has 2 atom stereocenters. The first kappa shape index (κ1) is 20.3. The van der Waals surface area contributed by atoms with Gasteiger partial charge in [-0.2, -0.15) is 0 Å². The SMILES string of the molecule is CCO[Si](OCC)(OCC)C(Cc1ccccc1)C(N)CCN. The van der Waals surface area contributed by atoms with Gasteiger partial charge in [0.25, 0.3) is 0 Å². The zero-order valence-corrected chi connectivity index (χ0v) is 15.7. The quantitative estimate of drug-likeness (QED) is 0.571. The van der Waals surface area contributed by atoms with Crippen LogP contribution in [0.5, 0.6) is 0 Å². The molecule has 23 heavy (non-hydrogen) atoms. The summed E-state index contributed by atoms with van der Waals surface area (Å²) < 4.78 is 18.3. The Morgan fingerprint density at radius 3 is 1.91 bits per heavy atom. The van der Waals surface area contributed by atoms with Gasteiger partial charge in [0.15, 0.2) is 0 Å². The number of hydrogen-bond donors (Lipinski definition) is 2. The van der Waals surface area contributed by atoms with E-state index < -0.39 is 8.80 Å². The highest BCUT2D eigenvalue weighted by Gasteiger charge is 2.51. The molecule has 4 N–H and O–H groups in total. The Kier molecular flexibility index (Phi) is 9.62. The molecule has 132 valence electrons. The molecule has 0 spiro atoms. The number of hydrogen-bond acceptors (Lipinski definition) is 5. The van der Waals surface area contributed by atoms with Crippen LogP contribution in [0.3, 0.4) is 0 Å². The van der Waals surface area contributed by atoms with E-state index in [0.29, 0.717) is 26.4 Å². The molecule has 0 fully saturated rings. The highest BCUT2D eigenvalue weighted by molar-refractivity contribution is 6.62. The van der Waals surface area contributed by atoms with Crippen LogP contribution in [0.25, 0.3) is 0 Å². The molecule has 1 rings (SSSR count). The first-order chi connectivity index (χ1) is 11.1. The summed E-state index contributed by atoms with van der Waals surface area (Å²) in [6.45, 7) is 8.09. The highest BCUT2D eigenvalue weighted by Crippen LogP contribution is 2.33. The van der Waals surface area contributed by atoms with Gasteiger partial charge >= 0.3 is 8.80 Å². The predicted octanol–water partition coefficient (Wildman–Crippen LogP) is 2.32. The lowest BCUT2D eigenvalue weighted by Crippen LogP contribution is -2.56. The van der Waals surface area contributed by atoms with Crippen LogP contribution in [0.2, 0.25) is 5.54 Å². The smallest absolute Gasteiger partial charge is 0.374 e. The molecule has 0 saturated heterocycles. The van der Waals surface area contributed by atoms with Gasteiger partial charge in [0.2, 0.25) is 0 Å². The molecule has 2 unspecified atom stereocenters. The maximum absolute atomic E-state index is 6.47. The van der Waals surface area contributed by atoms with Gasteiger partial charge in [-0.25, -0.2) is 0 Å². The number of rotatable bonds is 12. The van der Waals surface area contributed by atoms with Crippen molar-refractivity contribution in [2.24, 2.45) is 11.5 Å². The fraction of sp³-hybridized carbons (Fsp3) is 0.647. The van der Waals surface area contributed by atoms with E-state index in [9.17, 15) is 0 Å². The lowest BCUT2D eigenvalue weighted by Gasteiger charge is -2.38. The van der Waals surface area contributed by atoms with Crippen LogP contribution in [0.15, 0.2) is 30.3 Å². The van der Waals surface area contributed by atoms with Crippen LogP contribution < -0.4 is 11.5 Å². The largest absolute Gasteiger partial charge is 0.506 e. The normalized spacial score (nSPS) is 14.7. The van der Waals surface area contributed by atoms with Crippen molar-refractivity contribution < 1.29 is 13.3 Å². The van der Waals surface area contributed by atoms with Gasteiger partial charge < -0.3 is 24.7 Å². The van der Waals surface area contributed by atoms with Crippen molar-refractivity contribution in [2.75, 3.05) is 26.4 Å². The minimum Gasteiger partial charge on any atom is -0.374 e. The van der Waals surface area contributed by atoms with Crippen LogP contribution in [-0.4, -0.2) is 41.2 Å². The molecule has 5 nitrogen and oxygen atoms in total. The summed E-state index contributed by atoms with van der Waals surface area (Å²) in [7, 11) is -2.89. The van der Waals surface area contributed by atoms with Crippen molar-refractivity contribution in [3.05, 3.63) is 35.9 Å². The molecule has 0 aliphatic heterocycles. The van der Waals surface area contributed by atoms with Gasteiger partial charge in [-0.1, -0.05) is 30.3 Å². The fourth-order valence-corrected chi connectivity index (χ4v) is 6.13. The molecule has 0 aromatic heterocycles. The van der Waals surface area contributed by atoms with Crippen LogP contribution >= 0.6 is 0 Å². The van der Waals surface area contributed by atoms with Crippen molar-refractivity contribution in [1.29, 1.82) is 0 Å². The molecule has 1 aromatic carbocycles.